The van der Waals surface area contributed by atoms with Gasteiger partial charge < -0.3 is 4.42 Å². The summed E-state index contributed by atoms with van der Waals surface area (Å²) in [5.74, 6) is -1.64. The van der Waals surface area contributed by atoms with Crippen molar-refractivity contribution < 1.29 is 18.0 Å². The molecule has 0 bridgehead atoms. The van der Waals surface area contributed by atoms with E-state index in [9.17, 15) is 13.6 Å². The van der Waals surface area contributed by atoms with Crippen LogP contribution in [0.25, 0.3) is 11.0 Å². The lowest BCUT2D eigenvalue weighted by Crippen LogP contribution is -2.00. The molecular formula is C16H10F2O2S. The van der Waals surface area contributed by atoms with E-state index in [0.29, 0.717) is 10.5 Å². The van der Waals surface area contributed by atoms with Gasteiger partial charge in [0.15, 0.2) is 17.4 Å². The van der Waals surface area contributed by atoms with Gasteiger partial charge in [0.05, 0.1) is 5.75 Å². The van der Waals surface area contributed by atoms with Crippen molar-refractivity contribution in [3.8, 4) is 0 Å². The van der Waals surface area contributed by atoms with Crippen LogP contribution in [0.15, 0.2) is 57.8 Å². The van der Waals surface area contributed by atoms with Gasteiger partial charge >= 0.3 is 0 Å². The molecule has 0 amide bonds. The Kier molecular flexibility index (Phi) is 3.75. The minimum atomic E-state index is -0.920. The Bertz CT molecular complexity index is 778. The third-order valence-electron chi connectivity index (χ3n) is 2.96. The normalized spacial score (nSPS) is 11.0. The molecule has 0 aliphatic carbocycles. The van der Waals surface area contributed by atoms with E-state index in [1.807, 2.05) is 18.2 Å². The largest absolute Gasteiger partial charge is 0.453 e. The first-order chi connectivity index (χ1) is 10.1. The molecule has 0 aliphatic heterocycles. The van der Waals surface area contributed by atoms with Crippen molar-refractivity contribution in [1.82, 2.24) is 0 Å². The fourth-order valence-corrected chi connectivity index (χ4v) is 2.70. The van der Waals surface area contributed by atoms with E-state index in [4.69, 9.17) is 4.42 Å². The van der Waals surface area contributed by atoms with Crippen molar-refractivity contribution in [1.29, 1.82) is 0 Å². The Morgan fingerprint density at radius 1 is 1.05 bits per heavy atom. The van der Waals surface area contributed by atoms with Gasteiger partial charge in [0.1, 0.15) is 5.58 Å². The van der Waals surface area contributed by atoms with E-state index in [2.05, 4.69) is 0 Å². The number of furan rings is 1. The third kappa shape index (κ3) is 2.97. The molecule has 2 aromatic carbocycles. The molecule has 3 rings (SSSR count). The van der Waals surface area contributed by atoms with Gasteiger partial charge in [0.2, 0.25) is 5.78 Å². The third-order valence-corrected chi connectivity index (χ3v) is 3.96. The lowest BCUT2D eigenvalue weighted by molar-refractivity contribution is 0.0994. The highest BCUT2D eigenvalue weighted by Gasteiger charge is 2.13. The Morgan fingerprint density at radius 3 is 2.62 bits per heavy atom. The predicted molar refractivity (Wildman–Crippen MR) is 77.6 cm³/mol. The Hall–Kier alpha value is -2.14. The number of ketones is 1. The summed E-state index contributed by atoms with van der Waals surface area (Å²) in [6.07, 6.45) is 0. The maximum Gasteiger partial charge on any atom is 0.208 e. The number of Topliss-reactive ketones (excluding diaryl/α,β-unsaturated/α-hetero) is 1. The average Bonchev–Trinajstić information content (AvgIpc) is 2.92. The van der Waals surface area contributed by atoms with Crippen LogP contribution in [0.2, 0.25) is 0 Å². The fraction of sp³-hybridized carbons (Fsp3) is 0.0625. The van der Waals surface area contributed by atoms with Crippen LogP contribution < -0.4 is 0 Å². The quantitative estimate of drug-likeness (QED) is 0.517. The maximum atomic E-state index is 13.1. The molecule has 3 aromatic rings. The highest BCUT2D eigenvalue weighted by Crippen LogP contribution is 2.24. The van der Waals surface area contributed by atoms with Crippen molar-refractivity contribution in [3.05, 3.63) is 65.9 Å². The minimum absolute atomic E-state index is 0.102. The minimum Gasteiger partial charge on any atom is -0.453 e. The van der Waals surface area contributed by atoms with Crippen LogP contribution in [-0.4, -0.2) is 11.5 Å². The van der Waals surface area contributed by atoms with Crippen molar-refractivity contribution in [3.63, 3.8) is 0 Å². The molecular weight excluding hydrogens is 294 g/mol. The Morgan fingerprint density at radius 2 is 1.86 bits per heavy atom. The number of halogens is 2. The van der Waals surface area contributed by atoms with Crippen molar-refractivity contribution in [2.24, 2.45) is 0 Å². The number of hydrogen-bond donors (Lipinski definition) is 0. The number of carbonyl (C=O) groups excluding carboxylic acids is 1. The van der Waals surface area contributed by atoms with Crippen molar-refractivity contribution in [2.45, 2.75) is 4.90 Å². The van der Waals surface area contributed by atoms with Crippen LogP contribution in [0.5, 0.6) is 0 Å². The zero-order valence-electron chi connectivity index (χ0n) is 10.8. The number of rotatable bonds is 4. The van der Waals surface area contributed by atoms with E-state index in [-0.39, 0.29) is 17.3 Å². The summed E-state index contributed by atoms with van der Waals surface area (Å²) >= 11 is 1.14. The molecule has 1 aromatic heterocycles. The second-order valence-electron chi connectivity index (χ2n) is 4.44. The van der Waals surface area contributed by atoms with Gasteiger partial charge in [-0.05, 0) is 30.3 Å². The Labute approximate surface area is 123 Å². The predicted octanol–water partition coefficient (Wildman–Crippen LogP) is 4.69. The van der Waals surface area contributed by atoms with Gasteiger partial charge in [-0.2, -0.15) is 0 Å². The summed E-state index contributed by atoms with van der Waals surface area (Å²) in [7, 11) is 0. The summed E-state index contributed by atoms with van der Waals surface area (Å²) in [5, 5.41) is 0.860. The number of benzene rings is 2. The average molecular weight is 304 g/mol. The van der Waals surface area contributed by atoms with Crippen LogP contribution in [0.1, 0.15) is 10.6 Å². The molecule has 0 saturated heterocycles. The molecule has 0 fully saturated rings. The van der Waals surface area contributed by atoms with E-state index in [0.717, 1.165) is 29.3 Å². The molecule has 1 heterocycles. The second kappa shape index (κ2) is 5.69. The van der Waals surface area contributed by atoms with Gasteiger partial charge in [0.25, 0.3) is 0 Å². The van der Waals surface area contributed by atoms with Crippen LogP contribution in [0.4, 0.5) is 8.78 Å². The second-order valence-corrected chi connectivity index (χ2v) is 5.48. The zero-order valence-corrected chi connectivity index (χ0v) is 11.6. The lowest BCUT2D eigenvalue weighted by Gasteiger charge is -2.00. The van der Waals surface area contributed by atoms with Gasteiger partial charge in [-0.25, -0.2) is 8.78 Å². The molecule has 2 nitrogen and oxygen atoms in total. The van der Waals surface area contributed by atoms with E-state index in [1.165, 1.54) is 6.07 Å². The first kappa shape index (κ1) is 13.8. The molecule has 0 atom stereocenters. The topological polar surface area (TPSA) is 30.2 Å². The van der Waals surface area contributed by atoms with Gasteiger partial charge in [0, 0.05) is 10.3 Å². The monoisotopic (exact) mass is 304 g/mol. The summed E-state index contributed by atoms with van der Waals surface area (Å²) in [6, 6.07) is 12.6. The summed E-state index contributed by atoms with van der Waals surface area (Å²) in [4.78, 5) is 12.6. The fourth-order valence-electron chi connectivity index (χ4n) is 1.91. The van der Waals surface area contributed by atoms with Crippen LogP contribution >= 0.6 is 11.8 Å². The molecule has 5 heteroatoms. The van der Waals surface area contributed by atoms with Gasteiger partial charge in [-0.15, -0.1) is 11.8 Å². The summed E-state index contributed by atoms with van der Waals surface area (Å²) in [6.45, 7) is 0. The maximum absolute atomic E-state index is 13.1. The molecule has 21 heavy (non-hydrogen) atoms. The van der Waals surface area contributed by atoms with Crippen molar-refractivity contribution in [2.75, 3.05) is 5.75 Å². The smallest absolute Gasteiger partial charge is 0.208 e. The molecule has 0 unspecified atom stereocenters. The van der Waals surface area contributed by atoms with Gasteiger partial charge in [-0.3, -0.25) is 4.79 Å². The molecule has 0 saturated carbocycles. The van der Waals surface area contributed by atoms with Crippen LogP contribution in [-0.2, 0) is 0 Å². The number of para-hydroxylation sites is 1. The van der Waals surface area contributed by atoms with Crippen molar-refractivity contribution >= 4 is 28.5 Å². The summed E-state index contributed by atoms with van der Waals surface area (Å²) in [5.41, 5.74) is 0.652. The summed E-state index contributed by atoms with van der Waals surface area (Å²) < 4.78 is 31.4. The molecule has 0 spiro atoms. The zero-order chi connectivity index (χ0) is 14.8. The van der Waals surface area contributed by atoms with E-state index < -0.39 is 11.6 Å². The molecule has 106 valence electrons. The number of thioether (sulfide) groups is 1. The van der Waals surface area contributed by atoms with Gasteiger partial charge in [-0.1, -0.05) is 18.2 Å². The first-order valence-electron chi connectivity index (χ1n) is 6.23. The highest BCUT2D eigenvalue weighted by atomic mass is 32.2. The molecule has 0 aliphatic rings. The lowest BCUT2D eigenvalue weighted by atomic mass is 10.2. The standard InChI is InChI=1S/C16H10F2O2S/c17-12-6-5-11(8-13(12)18)21-9-14(19)16-7-10-3-1-2-4-15(10)20-16/h1-8H,9H2. The number of hydrogen-bond acceptors (Lipinski definition) is 3. The number of fused-ring (bicyclic) bond motifs is 1. The highest BCUT2D eigenvalue weighted by molar-refractivity contribution is 8.00. The van der Waals surface area contributed by atoms with E-state index >= 15 is 0 Å². The number of carbonyl (C=O) groups is 1. The van der Waals surface area contributed by atoms with E-state index in [1.54, 1.807) is 12.1 Å². The first-order valence-corrected chi connectivity index (χ1v) is 7.22. The molecule has 0 radical (unpaired) electrons. The van der Waals surface area contributed by atoms with Crippen LogP contribution in [0, 0.1) is 11.6 Å². The molecule has 0 N–H and O–H groups in total. The SMILES string of the molecule is O=C(CSc1ccc(F)c(F)c1)c1cc2ccccc2o1. The Balaban J connectivity index is 1.72. The van der Waals surface area contributed by atoms with Crippen LogP contribution in [0.3, 0.4) is 0 Å².